The fraction of sp³-hybridized carbons (Fsp3) is 0.500. The molecule has 1 aromatic carbocycles. The standard InChI is InChI=1S/C12H15F2N/c1-2-3-11-8-4-5-10(13)12(14)9(8)6-7-15-11/h4-5,11,15H,2-3,6-7H2,1H3. The van der Waals surface area contributed by atoms with Crippen LogP contribution in [0, 0.1) is 11.6 Å². The topological polar surface area (TPSA) is 12.0 Å². The molecule has 0 saturated heterocycles. The molecule has 1 aliphatic heterocycles. The van der Waals surface area contributed by atoms with E-state index in [-0.39, 0.29) is 6.04 Å². The summed E-state index contributed by atoms with van der Waals surface area (Å²) in [5.74, 6) is -1.39. The third kappa shape index (κ3) is 1.88. The normalized spacial score (nSPS) is 20.1. The number of rotatable bonds is 2. The third-order valence-electron chi connectivity index (χ3n) is 2.95. The fourth-order valence-electron chi connectivity index (χ4n) is 2.22. The van der Waals surface area contributed by atoms with Crippen LogP contribution in [-0.2, 0) is 6.42 Å². The lowest BCUT2D eigenvalue weighted by atomic mass is 9.91. The summed E-state index contributed by atoms with van der Waals surface area (Å²) < 4.78 is 26.5. The zero-order valence-electron chi connectivity index (χ0n) is 8.82. The van der Waals surface area contributed by atoms with Crippen LogP contribution < -0.4 is 5.32 Å². The molecule has 1 N–H and O–H groups in total. The number of hydrogen-bond donors (Lipinski definition) is 1. The Kier molecular flexibility index (Phi) is 3.00. The van der Waals surface area contributed by atoms with E-state index < -0.39 is 11.6 Å². The van der Waals surface area contributed by atoms with Crippen molar-refractivity contribution in [1.29, 1.82) is 0 Å². The SMILES string of the molecule is CCCC1NCCc2c1ccc(F)c2F. The van der Waals surface area contributed by atoms with Crippen molar-refractivity contribution in [1.82, 2.24) is 5.32 Å². The smallest absolute Gasteiger partial charge is 0.162 e. The molecule has 0 aliphatic carbocycles. The van der Waals surface area contributed by atoms with Crippen molar-refractivity contribution in [3.63, 3.8) is 0 Å². The first-order chi connectivity index (χ1) is 7.24. The summed E-state index contributed by atoms with van der Waals surface area (Å²) in [5, 5.41) is 3.33. The highest BCUT2D eigenvalue weighted by molar-refractivity contribution is 5.34. The highest BCUT2D eigenvalue weighted by Crippen LogP contribution is 2.29. The zero-order valence-corrected chi connectivity index (χ0v) is 8.82. The second-order valence-electron chi connectivity index (χ2n) is 3.97. The zero-order chi connectivity index (χ0) is 10.8. The van der Waals surface area contributed by atoms with E-state index >= 15 is 0 Å². The lowest BCUT2D eigenvalue weighted by Crippen LogP contribution is -2.30. The summed E-state index contributed by atoms with van der Waals surface area (Å²) >= 11 is 0. The van der Waals surface area contributed by atoms with Gasteiger partial charge in [0, 0.05) is 6.04 Å². The second-order valence-corrected chi connectivity index (χ2v) is 3.97. The summed E-state index contributed by atoms with van der Waals surface area (Å²) in [5.41, 5.74) is 1.49. The van der Waals surface area contributed by atoms with E-state index in [1.807, 2.05) is 0 Å². The predicted molar refractivity (Wildman–Crippen MR) is 55.7 cm³/mol. The second kappa shape index (κ2) is 4.27. The van der Waals surface area contributed by atoms with Gasteiger partial charge in [-0.3, -0.25) is 0 Å². The van der Waals surface area contributed by atoms with Gasteiger partial charge in [0.2, 0.25) is 0 Å². The Balaban J connectivity index is 2.40. The lowest BCUT2D eigenvalue weighted by Gasteiger charge is -2.27. The van der Waals surface area contributed by atoms with Gasteiger partial charge in [0.1, 0.15) is 0 Å². The molecule has 0 radical (unpaired) electrons. The molecule has 0 aromatic heterocycles. The maximum Gasteiger partial charge on any atom is 0.162 e. The van der Waals surface area contributed by atoms with Gasteiger partial charge < -0.3 is 5.32 Å². The van der Waals surface area contributed by atoms with Crippen LogP contribution in [0.3, 0.4) is 0 Å². The maximum atomic E-state index is 13.5. The predicted octanol–water partition coefficient (Wildman–Crippen LogP) is 2.95. The number of hydrogen-bond acceptors (Lipinski definition) is 1. The minimum Gasteiger partial charge on any atom is -0.310 e. The van der Waals surface area contributed by atoms with Gasteiger partial charge in [0.15, 0.2) is 11.6 Å². The molecule has 1 heterocycles. The van der Waals surface area contributed by atoms with E-state index in [1.165, 1.54) is 6.07 Å². The average molecular weight is 211 g/mol. The molecular formula is C12H15F2N. The first kappa shape index (κ1) is 10.6. The van der Waals surface area contributed by atoms with E-state index in [0.717, 1.165) is 24.9 Å². The van der Waals surface area contributed by atoms with Gasteiger partial charge in [-0.15, -0.1) is 0 Å². The number of fused-ring (bicyclic) bond motifs is 1. The monoisotopic (exact) mass is 211 g/mol. The Morgan fingerprint density at radius 1 is 1.40 bits per heavy atom. The molecule has 15 heavy (non-hydrogen) atoms. The fourth-order valence-corrected chi connectivity index (χ4v) is 2.22. The molecule has 0 spiro atoms. The molecule has 0 saturated carbocycles. The van der Waals surface area contributed by atoms with Crippen molar-refractivity contribution >= 4 is 0 Å². The number of nitrogens with one attached hydrogen (secondary N) is 1. The molecule has 3 heteroatoms. The Labute approximate surface area is 88.5 Å². The first-order valence-corrected chi connectivity index (χ1v) is 5.44. The molecule has 1 aliphatic rings. The molecule has 1 atom stereocenters. The van der Waals surface area contributed by atoms with Crippen molar-refractivity contribution in [3.05, 3.63) is 34.9 Å². The Hall–Kier alpha value is -0.960. The summed E-state index contributed by atoms with van der Waals surface area (Å²) in [7, 11) is 0. The molecular weight excluding hydrogens is 196 g/mol. The molecule has 0 fully saturated rings. The average Bonchev–Trinajstić information content (AvgIpc) is 2.25. The van der Waals surface area contributed by atoms with Crippen LogP contribution in [0.25, 0.3) is 0 Å². The van der Waals surface area contributed by atoms with E-state index in [2.05, 4.69) is 12.2 Å². The molecule has 82 valence electrons. The van der Waals surface area contributed by atoms with Crippen LogP contribution in [0.4, 0.5) is 8.78 Å². The van der Waals surface area contributed by atoms with Crippen molar-refractivity contribution in [2.45, 2.75) is 32.2 Å². The number of benzene rings is 1. The van der Waals surface area contributed by atoms with Gasteiger partial charge in [0.05, 0.1) is 0 Å². The van der Waals surface area contributed by atoms with E-state index in [4.69, 9.17) is 0 Å². The van der Waals surface area contributed by atoms with Crippen molar-refractivity contribution < 1.29 is 8.78 Å². The highest BCUT2D eigenvalue weighted by atomic mass is 19.2. The Bertz CT molecular complexity index is 363. The van der Waals surface area contributed by atoms with Gasteiger partial charge in [-0.1, -0.05) is 19.4 Å². The molecule has 1 unspecified atom stereocenters. The van der Waals surface area contributed by atoms with Crippen LogP contribution in [0.1, 0.15) is 36.9 Å². The molecule has 0 bridgehead atoms. The lowest BCUT2D eigenvalue weighted by molar-refractivity contribution is 0.440. The minimum atomic E-state index is -0.731. The van der Waals surface area contributed by atoms with Crippen LogP contribution in [0.5, 0.6) is 0 Å². The number of halogens is 2. The van der Waals surface area contributed by atoms with E-state index in [1.54, 1.807) is 6.07 Å². The third-order valence-corrected chi connectivity index (χ3v) is 2.95. The van der Waals surface area contributed by atoms with Gasteiger partial charge in [-0.05, 0) is 36.6 Å². The maximum absolute atomic E-state index is 13.5. The molecule has 0 amide bonds. The van der Waals surface area contributed by atoms with Crippen molar-refractivity contribution in [3.8, 4) is 0 Å². The largest absolute Gasteiger partial charge is 0.310 e. The van der Waals surface area contributed by atoms with Gasteiger partial charge in [0.25, 0.3) is 0 Å². The summed E-state index contributed by atoms with van der Waals surface area (Å²) in [6.45, 7) is 2.83. The van der Waals surface area contributed by atoms with Gasteiger partial charge in [-0.25, -0.2) is 8.78 Å². The van der Waals surface area contributed by atoms with Crippen LogP contribution >= 0.6 is 0 Å². The van der Waals surface area contributed by atoms with E-state index in [9.17, 15) is 8.78 Å². The van der Waals surface area contributed by atoms with Crippen LogP contribution in [-0.4, -0.2) is 6.54 Å². The van der Waals surface area contributed by atoms with Crippen molar-refractivity contribution in [2.75, 3.05) is 6.54 Å². The molecule has 1 aromatic rings. The van der Waals surface area contributed by atoms with E-state index in [0.29, 0.717) is 12.0 Å². The highest BCUT2D eigenvalue weighted by Gasteiger charge is 2.23. The summed E-state index contributed by atoms with van der Waals surface area (Å²) in [4.78, 5) is 0. The molecule has 1 nitrogen and oxygen atoms in total. The summed E-state index contributed by atoms with van der Waals surface area (Å²) in [6, 6.07) is 3.12. The quantitative estimate of drug-likeness (QED) is 0.793. The minimum absolute atomic E-state index is 0.189. The van der Waals surface area contributed by atoms with Crippen molar-refractivity contribution in [2.24, 2.45) is 0 Å². The Morgan fingerprint density at radius 2 is 2.20 bits per heavy atom. The summed E-state index contributed by atoms with van der Waals surface area (Å²) in [6.07, 6.45) is 2.59. The first-order valence-electron chi connectivity index (χ1n) is 5.44. The van der Waals surface area contributed by atoms with Crippen LogP contribution in [0.15, 0.2) is 12.1 Å². The Morgan fingerprint density at radius 3 is 2.93 bits per heavy atom. The molecule has 2 rings (SSSR count). The van der Waals surface area contributed by atoms with Crippen LogP contribution in [0.2, 0.25) is 0 Å². The van der Waals surface area contributed by atoms with Gasteiger partial charge in [-0.2, -0.15) is 0 Å². The van der Waals surface area contributed by atoms with Gasteiger partial charge >= 0.3 is 0 Å².